The van der Waals surface area contributed by atoms with E-state index >= 15 is 0 Å². The molecule has 0 fully saturated rings. The number of aliphatic hydroxyl groups is 2. The monoisotopic (exact) mass is 249 g/mol. The summed E-state index contributed by atoms with van der Waals surface area (Å²) < 4.78 is 32.1. The van der Waals surface area contributed by atoms with Gasteiger partial charge in [0.1, 0.15) is 15.5 Å². The van der Waals surface area contributed by atoms with Crippen LogP contribution in [0.5, 0.6) is 0 Å². The molecule has 0 amide bonds. The van der Waals surface area contributed by atoms with Gasteiger partial charge in [0.2, 0.25) is 0 Å². The summed E-state index contributed by atoms with van der Waals surface area (Å²) in [6.07, 6.45) is -1.33. The van der Waals surface area contributed by atoms with Crippen molar-refractivity contribution in [3.8, 4) is 0 Å². The molecule has 8 heteroatoms. The summed E-state index contributed by atoms with van der Waals surface area (Å²) in [4.78, 5) is 0. The maximum Gasteiger partial charge on any atom is 1.00 e. The maximum atomic E-state index is 10.7. The molecule has 2 unspecified atom stereocenters. The molecule has 86 valence electrons. The van der Waals surface area contributed by atoms with Crippen LogP contribution in [0.25, 0.3) is 0 Å². The molecular formula is C7H16NNaO5S. The summed E-state index contributed by atoms with van der Waals surface area (Å²) in [5, 5.41) is 18.7. The third-order valence-corrected chi connectivity index (χ3v) is 2.81. The minimum atomic E-state index is -4.63. The quantitative estimate of drug-likeness (QED) is 0.335. The maximum absolute atomic E-state index is 10.7. The van der Waals surface area contributed by atoms with E-state index in [4.69, 9.17) is 10.2 Å². The standard InChI is InChI=1S/C7H17NO5S.Na/c1-5(10)6(14(11,12)13)8-7(2,3)4-9;/h5-6,8-10H,4H2,1-3H3,(H,11,12,13);/q;+1/p-1. The summed E-state index contributed by atoms with van der Waals surface area (Å²) in [5.74, 6) is 0. The molecule has 0 aromatic rings. The largest absolute Gasteiger partial charge is 1.00 e. The Morgan fingerprint density at radius 1 is 1.47 bits per heavy atom. The predicted octanol–water partition coefficient (Wildman–Crippen LogP) is -4.40. The Bertz CT molecular complexity index is 277. The van der Waals surface area contributed by atoms with Gasteiger partial charge in [-0.1, -0.05) is 0 Å². The normalized spacial score (nSPS) is 16.7. The van der Waals surface area contributed by atoms with Crippen LogP contribution in [0, 0.1) is 0 Å². The fraction of sp³-hybridized carbons (Fsp3) is 1.00. The molecular weight excluding hydrogens is 233 g/mol. The van der Waals surface area contributed by atoms with Gasteiger partial charge in [-0.05, 0) is 20.8 Å². The number of hydrogen-bond donors (Lipinski definition) is 3. The van der Waals surface area contributed by atoms with Crippen molar-refractivity contribution in [2.75, 3.05) is 6.61 Å². The van der Waals surface area contributed by atoms with Crippen LogP contribution in [0.4, 0.5) is 0 Å². The minimum Gasteiger partial charge on any atom is -0.747 e. The van der Waals surface area contributed by atoms with Gasteiger partial charge < -0.3 is 14.8 Å². The van der Waals surface area contributed by atoms with Gasteiger partial charge in [-0.2, -0.15) is 0 Å². The van der Waals surface area contributed by atoms with Crippen molar-refractivity contribution in [2.45, 2.75) is 37.8 Å². The van der Waals surface area contributed by atoms with Crippen LogP contribution < -0.4 is 34.9 Å². The zero-order chi connectivity index (χ0) is 11.6. The van der Waals surface area contributed by atoms with E-state index in [1.807, 2.05) is 0 Å². The van der Waals surface area contributed by atoms with E-state index in [9.17, 15) is 13.0 Å². The van der Waals surface area contributed by atoms with Crippen molar-refractivity contribution in [3.05, 3.63) is 0 Å². The van der Waals surface area contributed by atoms with Gasteiger partial charge in [0.25, 0.3) is 0 Å². The first-order chi connectivity index (χ1) is 6.10. The SMILES string of the molecule is CC(O)C(NC(C)(C)CO)S(=O)(=O)[O-].[Na+]. The second-order valence-corrected chi connectivity index (χ2v) is 5.33. The van der Waals surface area contributed by atoms with Crippen molar-refractivity contribution in [1.82, 2.24) is 5.32 Å². The average Bonchev–Trinajstić information content (AvgIpc) is 1.98. The van der Waals surface area contributed by atoms with Crippen molar-refractivity contribution < 1.29 is 52.7 Å². The molecule has 0 spiro atoms. The molecule has 15 heavy (non-hydrogen) atoms. The minimum absolute atomic E-state index is 0. The smallest absolute Gasteiger partial charge is 0.747 e. The van der Waals surface area contributed by atoms with E-state index in [-0.39, 0.29) is 36.2 Å². The topological polar surface area (TPSA) is 110 Å². The average molecular weight is 249 g/mol. The van der Waals surface area contributed by atoms with Crippen LogP contribution in [0.15, 0.2) is 0 Å². The number of aliphatic hydroxyl groups excluding tert-OH is 2. The Morgan fingerprint density at radius 2 is 1.87 bits per heavy atom. The van der Waals surface area contributed by atoms with E-state index in [0.29, 0.717) is 0 Å². The number of hydrogen-bond acceptors (Lipinski definition) is 6. The van der Waals surface area contributed by atoms with Crippen molar-refractivity contribution >= 4 is 10.1 Å². The van der Waals surface area contributed by atoms with Crippen molar-refractivity contribution in [3.63, 3.8) is 0 Å². The Kier molecular flexibility index (Phi) is 7.88. The van der Waals surface area contributed by atoms with Gasteiger partial charge in [0, 0.05) is 5.54 Å². The van der Waals surface area contributed by atoms with E-state index in [2.05, 4.69) is 5.32 Å². The van der Waals surface area contributed by atoms with Crippen molar-refractivity contribution in [1.29, 1.82) is 0 Å². The first-order valence-corrected chi connectivity index (χ1v) is 5.58. The van der Waals surface area contributed by atoms with E-state index in [0.717, 1.165) is 0 Å². The second-order valence-electron chi connectivity index (χ2n) is 3.84. The molecule has 6 nitrogen and oxygen atoms in total. The van der Waals surface area contributed by atoms with Gasteiger partial charge in [-0.15, -0.1) is 0 Å². The van der Waals surface area contributed by atoms with Crippen molar-refractivity contribution in [2.24, 2.45) is 0 Å². The third-order valence-electron chi connectivity index (χ3n) is 1.68. The van der Waals surface area contributed by atoms with Crippen LogP contribution in [0.3, 0.4) is 0 Å². The first-order valence-electron chi connectivity index (χ1n) is 4.11. The number of rotatable bonds is 5. The Morgan fingerprint density at radius 3 is 2.07 bits per heavy atom. The molecule has 0 heterocycles. The number of nitrogens with one attached hydrogen (secondary N) is 1. The molecule has 0 saturated carbocycles. The molecule has 0 rings (SSSR count). The fourth-order valence-electron chi connectivity index (χ4n) is 0.865. The summed E-state index contributed by atoms with van der Waals surface area (Å²) in [6.45, 7) is 3.90. The molecule has 3 N–H and O–H groups in total. The van der Waals surface area contributed by atoms with E-state index in [1.54, 1.807) is 0 Å². The summed E-state index contributed by atoms with van der Waals surface area (Å²) in [7, 11) is -4.63. The van der Waals surface area contributed by atoms with Gasteiger partial charge in [0.15, 0.2) is 0 Å². The van der Waals surface area contributed by atoms with Crippen LogP contribution in [-0.2, 0) is 10.1 Å². The zero-order valence-corrected chi connectivity index (χ0v) is 12.2. The molecule has 0 bridgehead atoms. The fourth-order valence-corrected chi connectivity index (χ4v) is 1.81. The summed E-state index contributed by atoms with van der Waals surface area (Å²) in [5.41, 5.74) is -0.931. The Balaban J connectivity index is 0. The molecule has 0 aliphatic rings. The molecule has 0 aromatic heterocycles. The van der Waals surface area contributed by atoms with Gasteiger partial charge in [-0.25, -0.2) is 8.42 Å². The Hall–Kier alpha value is 0.790. The van der Waals surface area contributed by atoms with Crippen LogP contribution in [-0.4, -0.2) is 46.8 Å². The molecule has 0 saturated heterocycles. The molecule has 0 aromatic carbocycles. The van der Waals surface area contributed by atoms with Gasteiger partial charge >= 0.3 is 29.6 Å². The molecule has 0 radical (unpaired) electrons. The molecule has 0 aliphatic heterocycles. The van der Waals surface area contributed by atoms with Gasteiger partial charge in [0.05, 0.1) is 12.7 Å². The van der Waals surface area contributed by atoms with E-state index < -0.39 is 27.1 Å². The first kappa shape index (κ1) is 18.2. The van der Waals surface area contributed by atoms with Crippen LogP contribution >= 0.6 is 0 Å². The zero-order valence-electron chi connectivity index (χ0n) is 9.39. The van der Waals surface area contributed by atoms with E-state index in [1.165, 1.54) is 20.8 Å². The summed E-state index contributed by atoms with van der Waals surface area (Å²) >= 11 is 0. The molecule has 0 aliphatic carbocycles. The second kappa shape index (κ2) is 6.51. The Labute approximate surface area is 112 Å². The summed E-state index contributed by atoms with van der Waals surface area (Å²) in [6, 6.07) is 0. The van der Waals surface area contributed by atoms with Crippen LogP contribution in [0.2, 0.25) is 0 Å². The van der Waals surface area contributed by atoms with Crippen LogP contribution in [0.1, 0.15) is 20.8 Å². The predicted molar refractivity (Wildman–Crippen MR) is 49.5 cm³/mol. The van der Waals surface area contributed by atoms with Gasteiger partial charge in [-0.3, -0.25) is 5.32 Å². The molecule has 2 atom stereocenters. The third kappa shape index (κ3) is 6.85.